The van der Waals surface area contributed by atoms with Crippen molar-refractivity contribution in [2.45, 2.75) is 44.1 Å². The lowest BCUT2D eigenvalue weighted by Crippen LogP contribution is -2.43. The van der Waals surface area contributed by atoms with E-state index in [0.29, 0.717) is 49.6 Å². The number of nitrogens with one attached hydrogen (secondary N) is 1. The predicted octanol–water partition coefficient (Wildman–Crippen LogP) is 2.61. The fraction of sp³-hybridized carbons (Fsp3) is 0.476. The van der Waals surface area contributed by atoms with Crippen molar-refractivity contribution in [2.75, 3.05) is 19.8 Å². The zero-order valence-electron chi connectivity index (χ0n) is 17.0. The van der Waals surface area contributed by atoms with Crippen LogP contribution < -0.4 is 14.8 Å². The van der Waals surface area contributed by atoms with Crippen LogP contribution in [0.5, 0.6) is 11.6 Å². The number of nitriles is 1. The van der Waals surface area contributed by atoms with Gasteiger partial charge in [-0.15, -0.1) is 0 Å². The summed E-state index contributed by atoms with van der Waals surface area (Å²) in [5.74, 6) is 0.792. The highest BCUT2D eigenvalue weighted by molar-refractivity contribution is 5.92. The van der Waals surface area contributed by atoms with Gasteiger partial charge in [0.2, 0.25) is 5.88 Å². The molecule has 0 unspecified atom stereocenters. The molecule has 2 aliphatic rings. The minimum Gasteiger partial charge on any atom is -0.491 e. The molecule has 1 N–H and O–H groups in total. The molecular weight excluding hydrogens is 429 g/mol. The molecule has 1 aromatic carbocycles. The lowest BCUT2D eigenvalue weighted by atomic mass is 10.0. The summed E-state index contributed by atoms with van der Waals surface area (Å²) in [6.07, 6.45) is -3.06. The summed E-state index contributed by atoms with van der Waals surface area (Å²) in [5, 5.41) is 16.2. The minimum absolute atomic E-state index is 0.00219. The number of aromatic nitrogens is 2. The van der Waals surface area contributed by atoms with E-state index in [-0.39, 0.29) is 30.4 Å². The van der Waals surface area contributed by atoms with Crippen LogP contribution in [0.2, 0.25) is 0 Å². The largest absolute Gasteiger partial charge is 0.491 e. The van der Waals surface area contributed by atoms with Crippen molar-refractivity contribution in [1.29, 1.82) is 5.26 Å². The van der Waals surface area contributed by atoms with E-state index < -0.39 is 12.8 Å². The number of benzene rings is 1. The number of ether oxygens (including phenoxy) is 3. The number of alkyl halides is 3. The predicted molar refractivity (Wildman–Crippen MR) is 104 cm³/mol. The number of carbonyl (C=O) groups excluding carboxylic acids is 1. The van der Waals surface area contributed by atoms with Gasteiger partial charge in [0.05, 0.1) is 24.2 Å². The summed E-state index contributed by atoms with van der Waals surface area (Å²) in [7, 11) is 0. The van der Waals surface area contributed by atoms with Crippen LogP contribution in [0.4, 0.5) is 13.2 Å². The minimum atomic E-state index is -4.32. The van der Waals surface area contributed by atoms with Crippen molar-refractivity contribution in [3.8, 4) is 17.7 Å². The smallest absolute Gasteiger partial charge is 0.411 e. The maximum absolute atomic E-state index is 12.6. The standard InChI is InChI=1S/C21H21F3N4O4/c22-21(23,24)12-30-5-1-2-16-10-28-19(32-16)8-17(27-28)20(29)26-15-7-14-6-13(9-25)3-4-18(14)31-11-15/h3-4,6,8,15-16H,1-2,5,7,10-12H2,(H,26,29)/t15-,16-/m1/s1. The normalized spacial score (nSPS) is 19.3. The number of fused-ring (bicyclic) bond motifs is 2. The topological polar surface area (TPSA) is 98.4 Å². The molecule has 1 amide bonds. The Labute approximate surface area is 181 Å². The summed E-state index contributed by atoms with van der Waals surface area (Å²) in [6, 6.07) is 8.56. The molecular formula is C21H21F3N4O4. The molecule has 2 atom stereocenters. The van der Waals surface area contributed by atoms with E-state index in [1.165, 1.54) is 0 Å². The number of hydrogen-bond acceptors (Lipinski definition) is 6. The third kappa shape index (κ3) is 5.31. The van der Waals surface area contributed by atoms with E-state index in [1.807, 2.05) is 0 Å². The average Bonchev–Trinajstić information content (AvgIpc) is 3.31. The molecule has 2 aromatic rings. The van der Waals surface area contributed by atoms with Crippen molar-refractivity contribution >= 4 is 5.91 Å². The van der Waals surface area contributed by atoms with Crippen LogP contribution in [0.1, 0.15) is 34.5 Å². The Bertz CT molecular complexity index is 1010. The molecule has 2 aliphatic heterocycles. The molecule has 11 heteroatoms. The Hall–Kier alpha value is -3.26. The number of amides is 1. The van der Waals surface area contributed by atoms with Crippen LogP contribution in [0, 0.1) is 11.3 Å². The van der Waals surface area contributed by atoms with E-state index in [2.05, 4.69) is 21.2 Å². The van der Waals surface area contributed by atoms with E-state index in [1.54, 1.807) is 28.9 Å². The number of nitrogens with zero attached hydrogens (tertiary/aromatic N) is 3. The van der Waals surface area contributed by atoms with Gasteiger partial charge in [0.1, 0.15) is 25.1 Å². The summed E-state index contributed by atoms with van der Waals surface area (Å²) in [4.78, 5) is 12.6. The summed E-state index contributed by atoms with van der Waals surface area (Å²) >= 11 is 0. The van der Waals surface area contributed by atoms with Crippen LogP contribution in [0.25, 0.3) is 0 Å². The van der Waals surface area contributed by atoms with Crippen LogP contribution in [0.15, 0.2) is 24.3 Å². The molecule has 0 bridgehead atoms. The first-order valence-corrected chi connectivity index (χ1v) is 10.2. The van der Waals surface area contributed by atoms with Gasteiger partial charge in [-0.3, -0.25) is 4.79 Å². The first-order valence-electron chi connectivity index (χ1n) is 10.2. The number of rotatable bonds is 7. The highest BCUT2D eigenvalue weighted by atomic mass is 19.4. The van der Waals surface area contributed by atoms with Gasteiger partial charge in [0.25, 0.3) is 5.91 Å². The molecule has 0 spiro atoms. The third-order valence-corrected chi connectivity index (χ3v) is 5.15. The first-order chi connectivity index (χ1) is 15.3. The van der Waals surface area contributed by atoms with E-state index in [4.69, 9.17) is 14.7 Å². The SMILES string of the molecule is N#Cc1ccc2c(c1)C[C@@H](NC(=O)c1cc3n(n1)C[C@@H](CCCOCC(F)(F)F)O3)CO2. The van der Waals surface area contributed by atoms with Gasteiger partial charge < -0.3 is 19.5 Å². The maximum Gasteiger partial charge on any atom is 0.411 e. The van der Waals surface area contributed by atoms with E-state index in [0.717, 1.165) is 5.56 Å². The Kier molecular flexibility index (Phi) is 6.23. The zero-order valence-corrected chi connectivity index (χ0v) is 17.0. The number of carbonyl (C=O) groups is 1. The van der Waals surface area contributed by atoms with Gasteiger partial charge >= 0.3 is 6.18 Å². The van der Waals surface area contributed by atoms with Crippen LogP contribution >= 0.6 is 0 Å². The van der Waals surface area contributed by atoms with Crippen LogP contribution in [-0.4, -0.2) is 53.8 Å². The van der Waals surface area contributed by atoms with Crippen molar-refractivity contribution in [3.05, 3.63) is 41.1 Å². The second-order valence-corrected chi connectivity index (χ2v) is 7.72. The molecule has 0 saturated carbocycles. The van der Waals surface area contributed by atoms with Crippen molar-refractivity contribution in [2.24, 2.45) is 0 Å². The number of halogens is 3. The second-order valence-electron chi connectivity index (χ2n) is 7.72. The van der Waals surface area contributed by atoms with Gasteiger partial charge in [-0.05, 0) is 43.0 Å². The Morgan fingerprint density at radius 3 is 2.97 bits per heavy atom. The first kappa shape index (κ1) is 22.0. The molecule has 0 radical (unpaired) electrons. The third-order valence-electron chi connectivity index (χ3n) is 5.15. The molecule has 170 valence electrons. The number of hydrogen-bond donors (Lipinski definition) is 1. The Morgan fingerprint density at radius 2 is 2.22 bits per heavy atom. The van der Waals surface area contributed by atoms with Crippen LogP contribution in [-0.2, 0) is 17.7 Å². The average molecular weight is 450 g/mol. The fourth-order valence-corrected chi connectivity index (χ4v) is 3.70. The lowest BCUT2D eigenvalue weighted by Gasteiger charge is -2.26. The van der Waals surface area contributed by atoms with Crippen LogP contribution in [0.3, 0.4) is 0 Å². The monoisotopic (exact) mass is 450 g/mol. The van der Waals surface area contributed by atoms with Crippen molar-refractivity contribution in [3.63, 3.8) is 0 Å². The molecule has 32 heavy (non-hydrogen) atoms. The molecule has 0 saturated heterocycles. The summed E-state index contributed by atoms with van der Waals surface area (Å²) in [5.41, 5.74) is 1.60. The Balaban J connectivity index is 1.24. The highest BCUT2D eigenvalue weighted by Gasteiger charge is 2.29. The van der Waals surface area contributed by atoms with E-state index in [9.17, 15) is 18.0 Å². The molecule has 1 aromatic heterocycles. The zero-order chi connectivity index (χ0) is 22.7. The quantitative estimate of drug-likeness (QED) is 0.652. The van der Waals surface area contributed by atoms with E-state index >= 15 is 0 Å². The molecule has 4 rings (SSSR count). The highest BCUT2D eigenvalue weighted by Crippen LogP contribution is 2.27. The van der Waals surface area contributed by atoms with Gasteiger partial charge in [0, 0.05) is 12.7 Å². The molecule has 8 nitrogen and oxygen atoms in total. The summed E-state index contributed by atoms with van der Waals surface area (Å²) < 4.78 is 53.7. The molecule has 0 fully saturated rings. The van der Waals surface area contributed by atoms with Gasteiger partial charge in [0.15, 0.2) is 5.69 Å². The summed E-state index contributed by atoms with van der Waals surface area (Å²) in [6.45, 7) is -0.528. The molecule has 0 aliphatic carbocycles. The van der Waals surface area contributed by atoms with Gasteiger partial charge in [-0.1, -0.05) is 0 Å². The second kappa shape index (κ2) is 9.08. The maximum atomic E-state index is 12.6. The lowest BCUT2D eigenvalue weighted by molar-refractivity contribution is -0.174. The molecule has 3 heterocycles. The fourth-order valence-electron chi connectivity index (χ4n) is 3.70. The van der Waals surface area contributed by atoms with Crippen molar-refractivity contribution in [1.82, 2.24) is 15.1 Å². The Morgan fingerprint density at radius 1 is 1.38 bits per heavy atom. The van der Waals surface area contributed by atoms with Gasteiger partial charge in [-0.25, -0.2) is 4.68 Å². The van der Waals surface area contributed by atoms with Gasteiger partial charge in [-0.2, -0.15) is 23.5 Å². The van der Waals surface area contributed by atoms with Crippen molar-refractivity contribution < 1.29 is 32.2 Å².